The zero-order valence-corrected chi connectivity index (χ0v) is 11.0. The van der Waals surface area contributed by atoms with Crippen LogP contribution in [0, 0.1) is 0 Å². The molecule has 0 saturated carbocycles. The molecule has 0 aliphatic rings. The lowest BCUT2D eigenvalue weighted by atomic mass is 10.0. The summed E-state index contributed by atoms with van der Waals surface area (Å²) in [6.45, 7) is 0. The summed E-state index contributed by atoms with van der Waals surface area (Å²) in [6.07, 6.45) is 1.77. The van der Waals surface area contributed by atoms with Gasteiger partial charge in [-0.1, -0.05) is 60.7 Å². The minimum absolute atomic E-state index is 0.780. The molecule has 1 heterocycles. The summed E-state index contributed by atoms with van der Waals surface area (Å²) < 4.78 is 0. The van der Waals surface area contributed by atoms with Crippen LogP contribution in [-0.2, 0) is 0 Å². The summed E-state index contributed by atoms with van der Waals surface area (Å²) in [5.41, 5.74) is 3.16. The van der Waals surface area contributed by atoms with Crippen LogP contribution in [0.4, 0.5) is 5.13 Å². The van der Waals surface area contributed by atoms with Crippen molar-refractivity contribution in [1.29, 1.82) is 0 Å². The molecule has 0 saturated heterocycles. The highest BCUT2D eigenvalue weighted by atomic mass is 32.1. The van der Waals surface area contributed by atoms with Gasteiger partial charge in [0.15, 0.2) is 0 Å². The second kappa shape index (κ2) is 5.59. The molecule has 2 aromatic carbocycles. The number of rotatable bonds is 3. The SMILES string of the molecule is c1ccc(C(=Nc2nccs2)c2ccccc2)cc1. The fourth-order valence-electron chi connectivity index (χ4n) is 1.85. The first-order chi connectivity index (χ1) is 9.43. The van der Waals surface area contributed by atoms with E-state index < -0.39 is 0 Å². The summed E-state index contributed by atoms with van der Waals surface area (Å²) in [6, 6.07) is 20.4. The largest absolute Gasteiger partial charge is 0.227 e. The highest BCUT2D eigenvalue weighted by Crippen LogP contribution is 2.20. The fraction of sp³-hybridized carbons (Fsp3) is 0. The van der Waals surface area contributed by atoms with E-state index in [1.807, 2.05) is 41.8 Å². The maximum atomic E-state index is 4.68. The van der Waals surface area contributed by atoms with E-state index in [4.69, 9.17) is 0 Å². The van der Waals surface area contributed by atoms with E-state index >= 15 is 0 Å². The van der Waals surface area contributed by atoms with Gasteiger partial charge in [0.05, 0.1) is 5.71 Å². The summed E-state index contributed by atoms with van der Waals surface area (Å²) in [7, 11) is 0. The lowest BCUT2D eigenvalue weighted by Crippen LogP contribution is -2.02. The van der Waals surface area contributed by atoms with Crippen molar-refractivity contribution in [3.8, 4) is 0 Å². The van der Waals surface area contributed by atoms with Crippen LogP contribution in [-0.4, -0.2) is 10.7 Å². The minimum atomic E-state index is 0.780. The molecule has 0 bridgehead atoms. The van der Waals surface area contributed by atoms with E-state index in [0.29, 0.717) is 0 Å². The van der Waals surface area contributed by atoms with E-state index in [-0.39, 0.29) is 0 Å². The zero-order chi connectivity index (χ0) is 12.9. The Kier molecular flexibility index (Phi) is 3.47. The summed E-state index contributed by atoms with van der Waals surface area (Å²) in [4.78, 5) is 8.92. The average molecular weight is 264 g/mol. The Balaban J connectivity index is 2.12. The standard InChI is InChI=1S/C16H12N2S/c1-3-7-13(8-4-1)15(14-9-5-2-6-10-14)18-16-17-11-12-19-16/h1-12H. The molecule has 0 N–H and O–H groups in total. The Labute approximate surface area is 116 Å². The van der Waals surface area contributed by atoms with Crippen LogP contribution in [0.3, 0.4) is 0 Å². The number of aromatic nitrogens is 1. The van der Waals surface area contributed by atoms with E-state index in [1.165, 1.54) is 0 Å². The molecule has 0 spiro atoms. The molecule has 0 fully saturated rings. The third-order valence-corrected chi connectivity index (χ3v) is 3.39. The summed E-state index contributed by atoms with van der Waals surface area (Å²) in [5.74, 6) is 0. The number of hydrogen-bond donors (Lipinski definition) is 0. The highest BCUT2D eigenvalue weighted by molar-refractivity contribution is 7.13. The van der Waals surface area contributed by atoms with Gasteiger partial charge in [-0.3, -0.25) is 0 Å². The van der Waals surface area contributed by atoms with Crippen LogP contribution in [0.2, 0.25) is 0 Å². The van der Waals surface area contributed by atoms with Gasteiger partial charge in [-0.05, 0) is 0 Å². The molecule has 0 amide bonds. The molecule has 0 aliphatic heterocycles. The Morgan fingerprint density at radius 3 is 1.89 bits per heavy atom. The molecule has 0 unspecified atom stereocenters. The van der Waals surface area contributed by atoms with Crippen molar-refractivity contribution in [2.75, 3.05) is 0 Å². The number of hydrogen-bond acceptors (Lipinski definition) is 3. The predicted octanol–water partition coefficient (Wildman–Crippen LogP) is 4.31. The lowest BCUT2D eigenvalue weighted by Gasteiger charge is -2.06. The number of thiazole rings is 1. The Morgan fingerprint density at radius 1 is 0.842 bits per heavy atom. The topological polar surface area (TPSA) is 25.2 Å². The normalized spacial score (nSPS) is 10.1. The Morgan fingerprint density at radius 2 is 1.42 bits per heavy atom. The first-order valence-electron chi connectivity index (χ1n) is 6.02. The smallest absolute Gasteiger partial charge is 0.209 e. The van der Waals surface area contributed by atoms with Gasteiger partial charge in [-0.2, -0.15) is 0 Å². The number of nitrogens with zero attached hydrogens (tertiary/aromatic N) is 2. The summed E-state index contributed by atoms with van der Waals surface area (Å²) in [5, 5.41) is 2.72. The minimum Gasteiger partial charge on any atom is -0.227 e. The first-order valence-corrected chi connectivity index (χ1v) is 6.90. The van der Waals surface area contributed by atoms with Crippen LogP contribution in [0.5, 0.6) is 0 Å². The quantitative estimate of drug-likeness (QED) is 0.647. The number of benzene rings is 2. The molecule has 3 aromatic rings. The van der Waals surface area contributed by atoms with Crippen molar-refractivity contribution in [2.24, 2.45) is 4.99 Å². The average Bonchev–Trinajstić information content (AvgIpc) is 3.00. The van der Waals surface area contributed by atoms with Gasteiger partial charge in [-0.15, -0.1) is 11.3 Å². The molecule has 3 rings (SSSR count). The third kappa shape index (κ3) is 2.77. The molecule has 92 valence electrons. The van der Waals surface area contributed by atoms with Crippen LogP contribution in [0.1, 0.15) is 11.1 Å². The first kappa shape index (κ1) is 11.8. The van der Waals surface area contributed by atoms with Crippen molar-refractivity contribution in [2.45, 2.75) is 0 Å². The zero-order valence-electron chi connectivity index (χ0n) is 10.2. The molecule has 0 radical (unpaired) electrons. The predicted molar refractivity (Wildman–Crippen MR) is 80.3 cm³/mol. The molecule has 3 heteroatoms. The van der Waals surface area contributed by atoms with Crippen molar-refractivity contribution in [1.82, 2.24) is 4.98 Å². The molecule has 0 atom stereocenters. The van der Waals surface area contributed by atoms with Crippen molar-refractivity contribution >= 4 is 22.2 Å². The van der Waals surface area contributed by atoms with Gasteiger partial charge in [0, 0.05) is 22.7 Å². The van der Waals surface area contributed by atoms with Crippen LogP contribution < -0.4 is 0 Å². The monoisotopic (exact) mass is 264 g/mol. The van der Waals surface area contributed by atoms with E-state index in [1.54, 1.807) is 17.5 Å². The van der Waals surface area contributed by atoms with Crippen molar-refractivity contribution in [3.05, 3.63) is 83.4 Å². The van der Waals surface area contributed by atoms with E-state index in [2.05, 4.69) is 34.2 Å². The second-order valence-electron chi connectivity index (χ2n) is 4.01. The summed E-state index contributed by atoms with van der Waals surface area (Å²) >= 11 is 1.54. The molecular weight excluding hydrogens is 252 g/mol. The third-order valence-electron chi connectivity index (χ3n) is 2.72. The van der Waals surface area contributed by atoms with E-state index in [0.717, 1.165) is 22.0 Å². The second-order valence-corrected chi connectivity index (χ2v) is 4.88. The number of aliphatic imine (C=N–C) groups is 1. The van der Waals surface area contributed by atoms with Gasteiger partial charge in [0.25, 0.3) is 0 Å². The Hall–Kier alpha value is -2.26. The fourth-order valence-corrected chi connectivity index (χ4v) is 2.36. The van der Waals surface area contributed by atoms with E-state index in [9.17, 15) is 0 Å². The highest BCUT2D eigenvalue weighted by Gasteiger charge is 2.07. The van der Waals surface area contributed by atoms with Crippen LogP contribution in [0.15, 0.2) is 77.2 Å². The Bertz CT molecular complexity index is 617. The molecule has 2 nitrogen and oxygen atoms in total. The maximum Gasteiger partial charge on any atom is 0.209 e. The lowest BCUT2D eigenvalue weighted by molar-refractivity contribution is 1.35. The van der Waals surface area contributed by atoms with Gasteiger partial charge in [0.1, 0.15) is 0 Å². The van der Waals surface area contributed by atoms with Crippen molar-refractivity contribution < 1.29 is 0 Å². The molecule has 0 aliphatic carbocycles. The maximum absolute atomic E-state index is 4.68. The van der Waals surface area contributed by atoms with Crippen LogP contribution >= 0.6 is 11.3 Å². The van der Waals surface area contributed by atoms with Gasteiger partial charge < -0.3 is 0 Å². The van der Waals surface area contributed by atoms with Crippen LogP contribution in [0.25, 0.3) is 0 Å². The van der Waals surface area contributed by atoms with Crippen molar-refractivity contribution in [3.63, 3.8) is 0 Å². The van der Waals surface area contributed by atoms with Gasteiger partial charge >= 0.3 is 0 Å². The molecular formula is C16H12N2S. The van der Waals surface area contributed by atoms with Gasteiger partial charge in [0.2, 0.25) is 5.13 Å². The van der Waals surface area contributed by atoms with Gasteiger partial charge in [-0.25, -0.2) is 9.98 Å². The molecule has 1 aromatic heterocycles. The molecule has 19 heavy (non-hydrogen) atoms.